The molecule has 2 aromatic heterocycles. The van der Waals surface area contributed by atoms with Crippen LogP contribution in [-0.4, -0.2) is 31.9 Å². The molecule has 3 rings (SSSR count). The summed E-state index contributed by atoms with van der Waals surface area (Å²) in [7, 11) is 0. The number of hydrogen-bond acceptors (Lipinski definition) is 5. The van der Waals surface area contributed by atoms with Gasteiger partial charge in [-0.3, -0.25) is 5.10 Å². The second-order valence-corrected chi connectivity index (χ2v) is 6.21. The molecule has 1 aliphatic rings. The highest BCUT2D eigenvalue weighted by Crippen LogP contribution is 2.39. The molecule has 1 aliphatic carbocycles. The molecule has 8 heteroatoms. The van der Waals surface area contributed by atoms with Gasteiger partial charge in [-0.15, -0.1) is 0 Å². The Balaban J connectivity index is 0.000000309. The van der Waals surface area contributed by atoms with Crippen molar-refractivity contribution in [3.05, 3.63) is 27.7 Å². The Kier molecular flexibility index (Phi) is 6.60. The highest BCUT2D eigenvalue weighted by Gasteiger charge is 2.25. The third kappa shape index (κ3) is 5.23. The third-order valence-electron chi connectivity index (χ3n) is 3.09. The fourth-order valence-electron chi connectivity index (χ4n) is 1.72. The molecule has 0 atom stereocenters. The van der Waals surface area contributed by atoms with Crippen molar-refractivity contribution in [2.75, 3.05) is 11.9 Å². The molecular formula is C14H19BrClN5O. The summed E-state index contributed by atoms with van der Waals surface area (Å²) in [5.74, 6) is 2.00. The van der Waals surface area contributed by atoms with E-state index in [1.807, 2.05) is 6.07 Å². The van der Waals surface area contributed by atoms with Gasteiger partial charge >= 0.3 is 0 Å². The molecule has 0 aromatic carbocycles. The number of aliphatic hydroxyl groups is 1. The average Bonchev–Trinajstić information content (AvgIpc) is 3.25. The maximum absolute atomic E-state index is 8.07. The molecule has 1 saturated carbocycles. The summed E-state index contributed by atoms with van der Waals surface area (Å²) in [5.41, 5.74) is 1.17. The molecule has 0 amide bonds. The molecule has 120 valence electrons. The van der Waals surface area contributed by atoms with Crippen molar-refractivity contribution in [2.24, 2.45) is 0 Å². The van der Waals surface area contributed by atoms with Gasteiger partial charge in [-0.2, -0.15) is 10.1 Å². The van der Waals surface area contributed by atoms with Gasteiger partial charge in [0.15, 0.2) is 11.6 Å². The van der Waals surface area contributed by atoms with Crippen LogP contribution in [0.4, 0.5) is 11.6 Å². The Morgan fingerprint density at radius 1 is 1.50 bits per heavy atom. The number of anilines is 2. The molecule has 0 spiro atoms. The van der Waals surface area contributed by atoms with Crippen molar-refractivity contribution >= 4 is 39.2 Å². The van der Waals surface area contributed by atoms with Crippen molar-refractivity contribution in [2.45, 2.75) is 38.5 Å². The molecule has 2 heterocycles. The quantitative estimate of drug-likeness (QED) is 0.674. The molecule has 0 unspecified atom stereocenters. The molecular weight excluding hydrogens is 370 g/mol. The summed E-state index contributed by atoms with van der Waals surface area (Å²) in [6.45, 7) is 2.40. The lowest BCUT2D eigenvalue weighted by Crippen LogP contribution is -1.96. The fraction of sp³-hybridized carbons (Fsp3) is 0.500. The van der Waals surface area contributed by atoms with E-state index in [1.54, 1.807) is 6.20 Å². The second-order valence-electron chi connectivity index (χ2n) is 5.02. The van der Waals surface area contributed by atoms with Crippen molar-refractivity contribution in [3.63, 3.8) is 0 Å². The van der Waals surface area contributed by atoms with E-state index in [9.17, 15) is 0 Å². The van der Waals surface area contributed by atoms with Crippen molar-refractivity contribution in [1.29, 1.82) is 0 Å². The summed E-state index contributed by atoms with van der Waals surface area (Å²) in [6, 6.07) is 2.00. The number of halogens is 2. The predicted octanol–water partition coefficient (Wildman–Crippen LogP) is 4.02. The van der Waals surface area contributed by atoms with Gasteiger partial charge in [-0.25, -0.2) is 4.98 Å². The minimum atomic E-state index is 0.202. The standard InChI is InChI=1S/C10H9BrClN5.C4H10O/c11-6-4-13-10(12)15-9(6)14-8-3-7(16-17-8)5-1-2-5;1-2-3-4-5/h3-5H,1-2H2,(H2,13,14,15,16,17);5H,2-4H2,1H3. The first-order valence-electron chi connectivity index (χ1n) is 7.25. The molecule has 0 aliphatic heterocycles. The van der Waals surface area contributed by atoms with Gasteiger partial charge in [0, 0.05) is 30.5 Å². The molecule has 0 bridgehead atoms. The van der Waals surface area contributed by atoms with Crippen LogP contribution < -0.4 is 5.32 Å². The Morgan fingerprint density at radius 3 is 2.86 bits per heavy atom. The minimum Gasteiger partial charge on any atom is -0.396 e. The molecule has 0 radical (unpaired) electrons. The molecule has 22 heavy (non-hydrogen) atoms. The van der Waals surface area contributed by atoms with Crippen LogP contribution in [-0.2, 0) is 0 Å². The largest absolute Gasteiger partial charge is 0.396 e. The van der Waals surface area contributed by atoms with Gasteiger partial charge < -0.3 is 10.4 Å². The van der Waals surface area contributed by atoms with Gasteiger partial charge in [-0.1, -0.05) is 13.3 Å². The first-order valence-corrected chi connectivity index (χ1v) is 8.42. The van der Waals surface area contributed by atoms with Crippen LogP contribution in [0.2, 0.25) is 5.28 Å². The van der Waals surface area contributed by atoms with E-state index in [-0.39, 0.29) is 5.28 Å². The Bertz CT molecular complexity index is 601. The monoisotopic (exact) mass is 387 g/mol. The average molecular weight is 389 g/mol. The van der Waals surface area contributed by atoms with E-state index in [0.717, 1.165) is 23.1 Å². The van der Waals surface area contributed by atoms with Gasteiger partial charge in [0.25, 0.3) is 0 Å². The summed E-state index contributed by atoms with van der Waals surface area (Å²) in [5, 5.41) is 18.6. The van der Waals surface area contributed by atoms with Crippen LogP contribution in [0.15, 0.2) is 16.7 Å². The van der Waals surface area contributed by atoms with E-state index in [0.29, 0.717) is 18.3 Å². The number of unbranched alkanes of at least 4 members (excludes halogenated alkanes) is 1. The van der Waals surface area contributed by atoms with E-state index in [4.69, 9.17) is 16.7 Å². The normalized spacial score (nSPS) is 13.5. The van der Waals surface area contributed by atoms with Crippen molar-refractivity contribution < 1.29 is 5.11 Å². The van der Waals surface area contributed by atoms with Gasteiger partial charge in [0.2, 0.25) is 5.28 Å². The second kappa shape index (κ2) is 8.45. The Labute approximate surface area is 142 Å². The van der Waals surface area contributed by atoms with Crippen LogP contribution in [0.25, 0.3) is 0 Å². The zero-order valence-electron chi connectivity index (χ0n) is 12.3. The van der Waals surface area contributed by atoms with Crippen LogP contribution in [0.1, 0.15) is 44.2 Å². The molecule has 6 nitrogen and oxygen atoms in total. The van der Waals surface area contributed by atoms with Crippen LogP contribution >= 0.6 is 27.5 Å². The minimum absolute atomic E-state index is 0.202. The zero-order chi connectivity index (χ0) is 15.9. The molecule has 1 fully saturated rings. The maximum atomic E-state index is 8.07. The summed E-state index contributed by atoms with van der Waals surface area (Å²) in [6.07, 6.45) is 6.12. The van der Waals surface area contributed by atoms with Gasteiger partial charge in [0.1, 0.15) is 0 Å². The number of hydrogen-bond donors (Lipinski definition) is 3. The van der Waals surface area contributed by atoms with Gasteiger partial charge in [-0.05, 0) is 46.8 Å². The number of nitrogens with one attached hydrogen (secondary N) is 2. The number of nitrogens with zero attached hydrogens (tertiary/aromatic N) is 3. The predicted molar refractivity (Wildman–Crippen MR) is 90.6 cm³/mol. The van der Waals surface area contributed by atoms with Crippen LogP contribution in [0.5, 0.6) is 0 Å². The maximum Gasteiger partial charge on any atom is 0.224 e. The number of aromatic amines is 1. The lowest BCUT2D eigenvalue weighted by Gasteiger charge is -2.03. The molecule has 2 aromatic rings. The van der Waals surface area contributed by atoms with Crippen molar-refractivity contribution in [1.82, 2.24) is 20.2 Å². The molecule has 3 N–H and O–H groups in total. The van der Waals surface area contributed by atoms with Crippen LogP contribution in [0, 0.1) is 0 Å². The molecule has 0 saturated heterocycles. The fourth-order valence-corrected chi connectivity index (χ4v) is 2.14. The number of aromatic nitrogens is 4. The number of aliphatic hydroxyl groups excluding tert-OH is 1. The number of H-pyrrole nitrogens is 1. The lowest BCUT2D eigenvalue weighted by atomic mass is 10.3. The lowest BCUT2D eigenvalue weighted by molar-refractivity contribution is 0.287. The van der Waals surface area contributed by atoms with Crippen LogP contribution in [0.3, 0.4) is 0 Å². The van der Waals surface area contributed by atoms with E-state index >= 15 is 0 Å². The Hall–Kier alpha value is -1.18. The summed E-state index contributed by atoms with van der Waals surface area (Å²) >= 11 is 9.09. The smallest absolute Gasteiger partial charge is 0.224 e. The topological polar surface area (TPSA) is 86.7 Å². The van der Waals surface area contributed by atoms with E-state index in [2.05, 4.69) is 48.3 Å². The Morgan fingerprint density at radius 2 is 2.27 bits per heavy atom. The summed E-state index contributed by atoms with van der Waals surface area (Å²) < 4.78 is 0.748. The van der Waals surface area contributed by atoms with E-state index in [1.165, 1.54) is 18.5 Å². The van der Waals surface area contributed by atoms with E-state index < -0.39 is 0 Å². The highest BCUT2D eigenvalue weighted by atomic mass is 79.9. The highest BCUT2D eigenvalue weighted by molar-refractivity contribution is 9.10. The SMILES string of the molecule is CCCCO.Clc1ncc(Br)c(Nc2cc(C3CC3)[nH]n2)n1. The first-order chi connectivity index (χ1) is 10.6. The number of rotatable bonds is 5. The van der Waals surface area contributed by atoms with Gasteiger partial charge in [0.05, 0.1) is 4.47 Å². The summed E-state index contributed by atoms with van der Waals surface area (Å²) in [4.78, 5) is 7.94. The zero-order valence-corrected chi connectivity index (χ0v) is 14.7. The first kappa shape index (κ1) is 17.2. The third-order valence-corrected chi connectivity index (χ3v) is 3.85. The van der Waals surface area contributed by atoms with Crippen molar-refractivity contribution in [3.8, 4) is 0 Å².